The number of aromatic amines is 1. The smallest absolute Gasteiger partial charge is 0.251 e. The molecule has 0 bridgehead atoms. The summed E-state index contributed by atoms with van der Waals surface area (Å²) < 4.78 is 31.6. The molecule has 2 aromatic rings. The van der Waals surface area contributed by atoms with Crippen LogP contribution in [0.3, 0.4) is 0 Å². The number of methoxy groups -OCH3 is 1. The molecule has 9 heteroatoms. The van der Waals surface area contributed by atoms with Crippen LogP contribution in [0, 0.1) is 0 Å². The van der Waals surface area contributed by atoms with E-state index in [-0.39, 0.29) is 29.0 Å². The average molecular weight is 366 g/mol. The van der Waals surface area contributed by atoms with Crippen LogP contribution in [-0.2, 0) is 21.3 Å². The Morgan fingerprint density at radius 3 is 2.80 bits per heavy atom. The first-order valence-electron chi connectivity index (χ1n) is 7.69. The topological polar surface area (TPSA) is 104 Å². The number of hydrogen-bond donors (Lipinski definition) is 2. The minimum absolute atomic E-state index is 0.0570. The molecule has 2 N–H and O–H groups in total. The summed E-state index contributed by atoms with van der Waals surface area (Å²) in [6.07, 6.45) is 1.56. The fraction of sp³-hybridized carbons (Fsp3) is 0.375. The number of ether oxygens (including phenoxy) is 1. The fourth-order valence-electron chi connectivity index (χ4n) is 2.27. The van der Waals surface area contributed by atoms with Crippen molar-refractivity contribution in [2.45, 2.75) is 24.4 Å². The number of hydrogen-bond acceptors (Lipinski definition) is 5. The molecule has 0 spiro atoms. The Morgan fingerprint density at radius 1 is 1.40 bits per heavy atom. The predicted octanol–water partition coefficient (Wildman–Crippen LogP) is 0.995. The molecule has 1 amide bonds. The molecule has 0 fully saturated rings. The molecule has 2 rings (SSSR count). The van der Waals surface area contributed by atoms with Crippen LogP contribution in [0.4, 0.5) is 0 Å². The van der Waals surface area contributed by atoms with Crippen molar-refractivity contribution in [2.24, 2.45) is 0 Å². The number of amides is 1. The van der Waals surface area contributed by atoms with Crippen molar-refractivity contribution < 1.29 is 17.9 Å². The van der Waals surface area contributed by atoms with Gasteiger partial charge in [0.15, 0.2) is 0 Å². The van der Waals surface area contributed by atoms with Gasteiger partial charge in [0, 0.05) is 32.0 Å². The van der Waals surface area contributed by atoms with Gasteiger partial charge in [0.05, 0.1) is 23.7 Å². The van der Waals surface area contributed by atoms with Gasteiger partial charge < -0.3 is 10.1 Å². The summed E-state index contributed by atoms with van der Waals surface area (Å²) in [4.78, 5) is 12.3. The average Bonchev–Trinajstić information content (AvgIpc) is 3.08. The Balaban J connectivity index is 2.17. The van der Waals surface area contributed by atoms with E-state index in [9.17, 15) is 13.2 Å². The number of rotatable bonds is 8. The Bertz CT molecular complexity index is 805. The molecule has 0 unspecified atom stereocenters. The van der Waals surface area contributed by atoms with Crippen LogP contribution in [0.25, 0.3) is 0 Å². The third-order valence-electron chi connectivity index (χ3n) is 3.55. The maximum absolute atomic E-state index is 12.7. The van der Waals surface area contributed by atoms with Crippen LogP contribution in [-0.4, -0.2) is 55.6 Å². The number of benzene rings is 1. The van der Waals surface area contributed by atoms with Crippen molar-refractivity contribution in [3.05, 3.63) is 47.8 Å². The Morgan fingerprint density at radius 2 is 2.16 bits per heavy atom. The van der Waals surface area contributed by atoms with Gasteiger partial charge in [-0.05, 0) is 31.2 Å². The lowest BCUT2D eigenvalue weighted by atomic mass is 10.2. The zero-order chi connectivity index (χ0) is 18.4. The molecule has 0 aliphatic rings. The highest BCUT2D eigenvalue weighted by Gasteiger charge is 2.22. The summed E-state index contributed by atoms with van der Waals surface area (Å²) in [6.45, 7) is 2.33. The highest BCUT2D eigenvalue weighted by Crippen LogP contribution is 2.17. The molecule has 0 radical (unpaired) electrons. The normalized spacial score (nSPS) is 13.0. The quantitative estimate of drug-likeness (QED) is 0.725. The lowest BCUT2D eigenvalue weighted by Gasteiger charge is -2.17. The Hall–Kier alpha value is -2.23. The fourth-order valence-corrected chi connectivity index (χ4v) is 3.47. The van der Waals surface area contributed by atoms with Gasteiger partial charge in [-0.2, -0.15) is 9.40 Å². The second-order valence-electron chi connectivity index (χ2n) is 5.70. The number of nitrogens with zero attached hydrogens (tertiary/aromatic N) is 2. The first-order chi connectivity index (χ1) is 11.8. The summed E-state index contributed by atoms with van der Waals surface area (Å²) in [7, 11) is -0.706. The maximum Gasteiger partial charge on any atom is 0.251 e. The summed E-state index contributed by atoms with van der Waals surface area (Å²) >= 11 is 0. The van der Waals surface area contributed by atoms with Gasteiger partial charge in [-0.1, -0.05) is 6.07 Å². The van der Waals surface area contributed by atoms with Crippen molar-refractivity contribution >= 4 is 15.9 Å². The minimum Gasteiger partial charge on any atom is -0.383 e. The monoisotopic (exact) mass is 366 g/mol. The molecule has 1 heterocycles. The third kappa shape index (κ3) is 4.88. The van der Waals surface area contributed by atoms with Gasteiger partial charge in [-0.3, -0.25) is 9.89 Å². The molecule has 136 valence electrons. The van der Waals surface area contributed by atoms with Gasteiger partial charge in [0.1, 0.15) is 0 Å². The number of sulfonamides is 1. The second-order valence-corrected chi connectivity index (χ2v) is 7.75. The molecule has 25 heavy (non-hydrogen) atoms. The molecule has 8 nitrogen and oxygen atoms in total. The van der Waals surface area contributed by atoms with Crippen molar-refractivity contribution in [3.8, 4) is 0 Å². The Labute approximate surface area is 147 Å². The highest BCUT2D eigenvalue weighted by molar-refractivity contribution is 7.89. The zero-order valence-electron chi connectivity index (χ0n) is 14.4. The van der Waals surface area contributed by atoms with Crippen LogP contribution >= 0.6 is 0 Å². The SMILES string of the molecule is COC[C@H](C)NC(=O)c1cccc(S(=O)(=O)N(C)Cc2ccn[nH]2)c1. The summed E-state index contributed by atoms with van der Waals surface area (Å²) in [5, 5.41) is 9.28. The summed E-state index contributed by atoms with van der Waals surface area (Å²) in [5.74, 6) is -0.349. The lowest BCUT2D eigenvalue weighted by molar-refractivity contribution is 0.0905. The summed E-state index contributed by atoms with van der Waals surface area (Å²) in [5.41, 5.74) is 0.951. The van der Waals surface area contributed by atoms with Gasteiger partial charge in [0.25, 0.3) is 5.91 Å². The van der Waals surface area contributed by atoms with Crippen LogP contribution in [0.15, 0.2) is 41.4 Å². The van der Waals surface area contributed by atoms with Gasteiger partial charge >= 0.3 is 0 Å². The maximum atomic E-state index is 12.7. The molecule has 1 atom stereocenters. The standard InChI is InChI=1S/C16H22N4O4S/c1-12(11-24-3)18-16(21)13-5-4-6-15(9-13)25(22,23)20(2)10-14-7-8-17-19-14/h4-9,12H,10-11H2,1-3H3,(H,17,19)(H,18,21)/t12-/m0/s1. The third-order valence-corrected chi connectivity index (χ3v) is 5.35. The van der Waals surface area contributed by atoms with Gasteiger partial charge in [-0.15, -0.1) is 0 Å². The van der Waals surface area contributed by atoms with E-state index >= 15 is 0 Å². The van der Waals surface area contributed by atoms with E-state index in [2.05, 4.69) is 15.5 Å². The zero-order valence-corrected chi connectivity index (χ0v) is 15.2. The van der Waals surface area contributed by atoms with Crippen LogP contribution in [0.1, 0.15) is 23.0 Å². The molecular weight excluding hydrogens is 344 g/mol. The van der Waals surface area contributed by atoms with E-state index in [0.29, 0.717) is 12.3 Å². The molecule has 0 saturated carbocycles. The van der Waals surface area contributed by atoms with Gasteiger partial charge in [-0.25, -0.2) is 8.42 Å². The van der Waals surface area contributed by atoms with Crippen molar-refractivity contribution in [3.63, 3.8) is 0 Å². The number of nitrogens with one attached hydrogen (secondary N) is 2. The lowest BCUT2D eigenvalue weighted by Crippen LogP contribution is -2.35. The number of carbonyl (C=O) groups excluding carboxylic acids is 1. The van der Waals surface area contributed by atoms with Crippen molar-refractivity contribution in [2.75, 3.05) is 20.8 Å². The first-order valence-corrected chi connectivity index (χ1v) is 9.13. The number of carbonyl (C=O) groups is 1. The second kappa shape index (κ2) is 8.24. The molecule has 0 aliphatic carbocycles. The molecular formula is C16H22N4O4S. The predicted molar refractivity (Wildman–Crippen MR) is 92.5 cm³/mol. The van der Waals surface area contributed by atoms with E-state index in [0.717, 1.165) is 0 Å². The molecule has 0 aliphatic heterocycles. The molecule has 1 aromatic heterocycles. The van der Waals surface area contributed by atoms with E-state index in [4.69, 9.17) is 4.74 Å². The molecule has 0 saturated heterocycles. The van der Waals surface area contributed by atoms with E-state index in [1.807, 2.05) is 0 Å². The highest BCUT2D eigenvalue weighted by atomic mass is 32.2. The van der Waals surface area contributed by atoms with E-state index < -0.39 is 10.0 Å². The number of aromatic nitrogens is 2. The van der Waals surface area contributed by atoms with E-state index in [1.165, 1.54) is 23.5 Å². The summed E-state index contributed by atoms with van der Waals surface area (Å²) in [6, 6.07) is 7.48. The minimum atomic E-state index is -3.73. The van der Waals surface area contributed by atoms with Crippen molar-refractivity contribution in [1.29, 1.82) is 0 Å². The van der Waals surface area contributed by atoms with Crippen molar-refractivity contribution in [1.82, 2.24) is 19.8 Å². The van der Waals surface area contributed by atoms with Crippen LogP contribution in [0.5, 0.6) is 0 Å². The molecule has 1 aromatic carbocycles. The Kier molecular flexibility index (Phi) is 6.29. The number of H-pyrrole nitrogens is 1. The largest absolute Gasteiger partial charge is 0.383 e. The van der Waals surface area contributed by atoms with Gasteiger partial charge in [0.2, 0.25) is 10.0 Å². The first kappa shape index (κ1) is 19.1. The van der Waals surface area contributed by atoms with Crippen LogP contribution < -0.4 is 5.32 Å². The van der Waals surface area contributed by atoms with Crippen LogP contribution in [0.2, 0.25) is 0 Å². The van der Waals surface area contributed by atoms with E-state index in [1.54, 1.807) is 38.4 Å².